The van der Waals surface area contributed by atoms with Crippen LogP contribution in [0.5, 0.6) is 0 Å². The maximum absolute atomic E-state index is 5.63. The molecule has 6 heteroatoms. The van der Waals surface area contributed by atoms with Gasteiger partial charge in [-0.25, -0.2) is 0 Å². The highest BCUT2D eigenvalue weighted by Gasteiger charge is 2.07. The van der Waals surface area contributed by atoms with E-state index in [0.717, 1.165) is 0 Å². The molecule has 0 amide bonds. The van der Waals surface area contributed by atoms with Gasteiger partial charge >= 0.3 is 0 Å². The van der Waals surface area contributed by atoms with Crippen molar-refractivity contribution in [1.82, 2.24) is 15.2 Å². The molecule has 2 aromatic heterocycles. The van der Waals surface area contributed by atoms with Gasteiger partial charge in [-0.1, -0.05) is 6.07 Å². The van der Waals surface area contributed by atoms with Crippen molar-refractivity contribution < 1.29 is 0 Å². The molecule has 0 aliphatic carbocycles. The van der Waals surface area contributed by atoms with E-state index in [2.05, 4.69) is 33.5 Å². The van der Waals surface area contributed by atoms with E-state index in [0.29, 0.717) is 5.82 Å². The van der Waals surface area contributed by atoms with E-state index in [-0.39, 0.29) is 11.3 Å². The molecule has 78 valence electrons. The van der Waals surface area contributed by atoms with Crippen LogP contribution in [0.3, 0.4) is 0 Å². The average Bonchev–Trinajstić information content (AvgIpc) is 2.70. The zero-order valence-corrected chi connectivity index (χ0v) is 9.59. The second-order valence-electron chi connectivity index (χ2n) is 2.99. The molecule has 1 atom stereocenters. The lowest BCUT2D eigenvalue weighted by molar-refractivity contribution is 0.875. The van der Waals surface area contributed by atoms with E-state index in [1.165, 1.54) is 4.88 Å². The topological polar surface area (TPSA) is 50.7 Å². The molecule has 2 aromatic rings. The standard InChI is InChI=1S/C9H9ClN4S/c1-6(7-3-2-4-15-7)12-8-5-11-14-9(10)13-8/h2-6H,1H3,(H,12,13,14). The van der Waals surface area contributed by atoms with E-state index < -0.39 is 0 Å². The van der Waals surface area contributed by atoms with Crippen LogP contribution in [-0.4, -0.2) is 15.2 Å². The van der Waals surface area contributed by atoms with Crippen LogP contribution in [0.4, 0.5) is 5.82 Å². The smallest absolute Gasteiger partial charge is 0.244 e. The highest BCUT2D eigenvalue weighted by Crippen LogP contribution is 2.21. The van der Waals surface area contributed by atoms with Crippen LogP contribution in [0, 0.1) is 0 Å². The minimum absolute atomic E-state index is 0.151. The molecule has 1 unspecified atom stereocenters. The predicted molar refractivity (Wildman–Crippen MR) is 61.2 cm³/mol. The van der Waals surface area contributed by atoms with Crippen molar-refractivity contribution in [3.63, 3.8) is 0 Å². The number of rotatable bonds is 3. The van der Waals surface area contributed by atoms with Crippen LogP contribution in [0.2, 0.25) is 5.28 Å². The van der Waals surface area contributed by atoms with Crippen molar-refractivity contribution in [3.05, 3.63) is 33.9 Å². The molecule has 0 spiro atoms. The molecular formula is C9H9ClN4S. The molecule has 15 heavy (non-hydrogen) atoms. The summed E-state index contributed by atoms with van der Waals surface area (Å²) in [4.78, 5) is 5.25. The highest BCUT2D eigenvalue weighted by atomic mass is 35.5. The number of hydrogen-bond acceptors (Lipinski definition) is 5. The summed E-state index contributed by atoms with van der Waals surface area (Å²) in [5.74, 6) is 0.635. The Morgan fingerprint density at radius 3 is 3.07 bits per heavy atom. The predicted octanol–water partition coefficient (Wildman–Crippen LogP) is 2.76. The number of aromatic nitrogens is 3. The van der Waals surface area contributed by atoms with Crippen molar-refractivity contribution in [1.29, 1.82) is 0 Å². The first-order valence-electron chi connectivity index (χ1n) is 4.41. The Hall–Kier alpha value is -1.20. The van der Waals surface area contributed by atoms with Gasteiger partial charge in [-0.2, -0.15) is 10.1 Å². The Kier molecular flexibility index (Phi) is 3.13. The summed E-state index contributed by atoms with van der Waals surface area (Å²) in [5.41, 5.74) is 0. The van der Waals surface area contributed by atoms with Gasteiger partial charge in [0.2, 0.25) is 5.28 Å². The van der Waals surface area contributed by atoms with Crippen LogP contribution in [0.1, 0.15) is 17.8 Å². The molecule has 0 aromatic carbocycles. The molecule has 2 heterocycles. The Balaban J connectivity index is 2.09. The minimum Gasteiger partial charge on any atom is -0.361 e. The Morgan fingerprint density at radius 2 is 2.40 bits per heavy atom. The van der Waals surface area contributed by atoms with Gasteiger partial charge in [0.05, 0.1) is 12.2 Å². The van der Waals surface area contributed by atoms with Crippen molar-refractivity contribution in [2.24, 2.45) is 0 Å². The number of thiophene rings is 1. The van der Waals surface area contributed by atoms with E-state index in [1.807, 2.05) is 11.4 Å². The maximum Gasteiger partial charge on any atom is 0.244 e. The molecule has 1 N–H and O–H groups in total. The van der Waals surface area contributed by atoms with Crippen molar-refractivity contribution in [2.45, 2.75) is 13.0 Å². The van der Waals surface area contributed by atoms with Gasteiger partial charge in [-0.3, -0.25) is 0 Å². The lowest BCUT2D eigenvalue weighted by Gasteiger charge is -2.11. The zero-order chi connectivity index (χ0) is 10.7. The van der Waals surface area contributed by atoms with Crippen LogP contribution < -0.4 is 5.32 Å². The van der Waals surface area contributed by atoms with Gasteiger partial charge in [0.15, 0.2) is 0 Å². The summed E-state index contributed by atoms with van der Waals surface area (Å²) in [6.07, 6.45) is 1.55. The normalized spacial score (nSPS) is 12.4. The van der Waals surface area contributed by atoms with Crippen LogP contribution in [0.15, 0.2) is 23.7 Å². The third-order valence-corrected chi connectivity index (χ3v) is 3.08. The van der Waals surface area contributed by atoms with Crippen LogP contribution in [-0.2, 0) is 0 Å². The van der Waals surface area contributed by atoms with Crippen LogP contribution in [0.25, 0.3) is 0 Å². The first-order chi connectivity index (χ1) is 7.25. The number of nitrogens with one attached hydrogen (secondary N) is 1. The monoisotopic (exact) mass is 240 g/mol. The third kappa shape index (κ3) is 2.64. The fourth-order valence-electron chi connectivity index (χ4n) is 1.18. The molecule has 4 nitrogen and oxygen atoms in total. The van der Waals surface area contributed by atoms with E-state index in [4.69, 9.17) is 11.6 Å². The summed E-state index contributed by atoms with van der Waals surface area (Å²) in [5, 5.41) is 12.7. The van der Waals surface area contributed by atoms with Gasteiger partial charge in [0, 0.05) is 4.88 Å². The van der Waals surface area contributed by atoms with E-state index in [9.17, 15) is 0 Å². The molecule has 0 saturated heterocycles. The summed E-state index contributed by atoms with van der Waals surface area (Å²) < 4.78 is 0. The molecule has 0 fully saturated rings. The number of halogens is 1. The highest BCUT2D eigenvalue weighted by molar-refractivity contribution is 7.10. The summed E-state index contributed by atoms with van der Waals surface area (Å²) in [7, 11) is 0. The molecule has 0 radical (unpaired) electrons. The zero-order valence-electron chi connectivity index (χ0n) is 8.01. The molecule has 2 rings (SSSR count). The summed E-state index contributed by atoms with van der Waals surface area (Å²) in [6.45, 7) is 2.06. The first kappa shape index (κ1) is 10.3. The molecule has 0 aliphatic heterocycles. The fraction of sp³-hybridized carbons (Fsp3) is 0.222. The van der Waals surface area contributed by atoms with Crippen molar-refractivity contribution in [2.75, 3.05) is 5.32 Å². The minimum atomic E-state index is 0.151. The van der Waals surface area contributed by atoms with Gasteiger partial charge in [0.25, 0.3) is 0 Å². The van der Waals surface area contributed by atoms with E-state index >= 15 is 0 Å². The largest absolute Gasteiger partial charge is 0.361 e. The van der Waals surface area contributed by atoms with Gasteiger partial charge in [0.1, 0.15) is 5.82 Å². The lowest BCUT2D eigenvalue weighted by Crippen LogP contribution is -2.07. The van der Waals surface area contributed by atoms with Gasteiger partial charge in [-0.05, 0) is 30.0 Å². The number of nitrogens with zero attached hydrogens (tertiary/aromatic N) is 3. The van der Waals surface area contributed by atoms with Gasteiger partial charge in [-0.15, -0.1) is 16.4 Å². The molecule has 0 bridgehead atoms. The number of hydrogen-bond donors (Lipinski definition) is 1. The molecular weight excluding hydrogens is 232 g/mol. The number of anilines is 1. The Bertz CT molecular complexity index is 431. The summed E-state index contributed by atoms with van der Waals surface area (Å²) >= 11 is 7.33. The quantitative estimate of drug-likeness (QED) is 0.896. The van der Waals surface area contributed by atoms with Crippen molar-refractivity contribution in [3.8, 4) is 0 Å². The van der Waals surface area contributed by atoms with E-state index in [1.54, 1.807) is 17.5 Å². The van der Waals surface area contributed by atoms with Crippen LogP contribution >= 0.6 is 22.9 Å². The van der Waals surface area contributed by atoms with Gasteiger partial charge < -0.3 is 5.32 Å². The lowest BCUT2D eigenvalue weighted by atomic mass is 10.3. The summed E-state index contributed by atoms with van der Waals surface area (Å²) in [6, 6.07) is 4.28. The fourth-order valence-corrected chi connectivity index (χ4v) is 2.05. The second kappa shape index (κ2) is 4.55. The van der Waals surface area contributed by atoms with Crippen molar-refractivity contribution >= 4 is 28.8 Å². The second-order valence-corrected chi connectivity index (χ2v) is 4.31. The molecule has 0 saturated carbocycles. The third-order valence-electron chi connectivity index (χ3n) is 1.87. The maximum atomic E-state index is 5.63. The Morgan fingerprint density at radius 1 is 1.53 bits per heavy atom. The first-order valence-corrected chi connectivity index (χ1v) is 5.66. The molecule has 0 aliphatic rings. The average molecular weight is 241 g/mol. The SMILES string of the molecule is CC(Nc1cnnc(Cl)n1)c1cccs1. The Labute approximate surface area is 96.3 Å².